The minimum absolute atomic E-state index is 0.330. The summed E-state index contributed by atoms with van der Waals surface area (Å²) < 4.78 is 0. The Morgan fingerprint density at radius 1 is 1.35 bits per heavy atom. The first-order valence-electron chi connectivity index (χ1n) is 7.26. The van der Waals surface area contributed by atoms with Crippen molar-refractivity contribution in [2.45, 2.75) is 40.0 Å². The molecule has 0 radical (unpaired) electrons. The highest BCUT2D eigenvalue weighted by Crippen LogP contribution is 2.34. The summed E-state index contributed by atoms with van der Waals surface area (Å²) in [4.78, 5) is 11.4. The molecule has 2 heterocycles. The molecule has 110 valence electrons. The molecule has 5 heteroatoms. The van der Waals surface area contributed by atoms with E-state index >= 15 is 0 Å². The third-order valence-corrected chi connectivity index (χ3v) is 4.34. The van der Waals surface area contributed by atoms with Crippen molar-refractivity contribution in [3.05, 3.63) is 18.0 Å². The van der Waals surface area contributed by atoms with Crippen LogP contribution in [0.2, 0.25) is 0 Å². The van der Waals surface area contributed by atoms with Gasteiger partial charge in [-0.1, -0.05) is 33.0 Å². The Bertz CT molecular complexity index is 481. The molecule has 0 saturated carbocycles. The van der Waals surface area contributed by atoms with Gasteiger partial charge in [-0.05, 0) is 36.7 Å². The summed E-state index contributed by atoms with van der Waals surface area (Å²) in [6.45, 7) is 9.00. The van der Waals surface area contributed by atoms with Gasteiger partial charge in [-0.2, -0.15) is 0 Å². The summed E-state index contributed by atoms with van der Waals surface area (Å²) in [6.07, 6.45) is 5.38. The van der Waals surface area contributed by atoms with Gasteiger partial charge in [0.15, 0.2) is 0 Å². The summed E-state index contributed by atoms with van der Waals surface area (Å²) in [7, 11) is 0. The van der Waals surface area contributed by atoms with Gasteiger partial charge in [-0.3, -0.25) is 0 Å². The Balaban J connectivity index is 2.11. The van der Waals surface area contributed by atoms with Crippen LogP contribution in [0, 0.1) is 11.3 Å². The van der Waals surface area contributed by atoms with E-state index in [0.717, 1.165) is 25.0 Å². The molecule has 1 aliphatic heterocycles. The van der Waals surface area contributed by atoms with Crippen molar-refractivity contribution in [2.24, 2.45) is 17.1 Å². The van der Waals surface area contributed by atoms with Crippen LogP contribution < -0.4 is 10.6 Å². The van der Waals surface area contributed by atoms with Crippen LogP contribution in [0.1, 0.15) is 45.7 Å². The van der Waals surface area contributed by atoms with Crippen molar-refractivity contribution < 1.29 is 0 Å². The summed E-state index contributed by atoms with van der Waals surface area (Å²) in [5.41, 5.74) is 6.67. The number of aromatic nitrogens is 2. The van der Waals surface area contributed by atoms with E-state index in [1.165, 1.54) is 19.3 Å². The van der Waals surface area contributed by atoms with Crippen molar-refractivity contribution in [1.82, 2.24) is 9.97 Å². The SMILES string of the molecule is CC(C)(C)C1CCCN(c2nccc(C(N)=S)n2)CC1. The molecule has 1 saturated heterocycles. The third-order valence-electron chi connectivity index (χ3n) is 4.13. The minimum atomic E-state index is 0.330. The Morgan fingerprint density at radius 2 is 2.10 bits per heavy atom. The molecule has 20 heavy (non-hydrogen) atoms. The molecule has 0 aromatic carbocycles. The average Bonchev–Trinajstić information content (AvgIpc) is 2.64. The summed E-state index contributed by atoms with van der Waals surface area (Å²) in [5.74, 6) is 1.51. The Kier molecular flexibility index (Phi) is 4.58. The van der Waals surface area contributed by atoms with Crippen LogP contribution in [0.5, 0.6) is 0 Å². The second-order valence-electron chi connectivity index (χ2n) is 6.59. The monoisotopic (exact) mass is 292 g/mol. The van der Waals surface area contributed by atoms with Crippen LogP contribution in [0.15, 0.2) is 12.3 Å². The molecule has 1 unspecified atom stereocenters. The number of hydrogen-bond donors (Lipinski definition) is 1. The molecule has 4 nitrogen and oxygen atoms in total. The molecule has 0 amide bonds. The molecule has 0 aliphatic carbocycles. The van der Waals surface area contributed by atoms with Gasteiger partial charge in [0.1, 0.15) is 10.7 Å². The highest BCUT2D eigenvalue weighted by atomic mass is 32.1. The highest BCUT2D eigenvalue weighted by Gasteiger charge is 2.27. The smallest absolute Gasteiger partial charge is 0.225 e. The van der Waals surface area contributed by atoms with Crippen molar-refractivity contribution in [3.63, 3.8) is 0 Å². The summed E-state index contributed by atoms with van der Waals surface area (Å²) in [5, 5.41) is 0. The largest absolute Gasteiger partial charge is 0.388 e. The molecular formula is C15H24N4S. The number of hydrogen-bond acceptors (Lipinski definition) is 4. The van der Waals surface area contributed by atoms with E-state index in [2.05, 4.69) is 35.6 Å². The van der Waals surface area contributed by atoms with E-state index in [0.29, 0.717) is 16.1 Å². The van der Waals surface area contributed by atoms with Gasteiger partial charge in [0.25, 0.3) is 0 Å². The van der Waals surface area contributed by atoms with Gasteiger partial charge < -0.3 is 10.6 Å². The van der Waals surface area contributed by atoms with E-state index in [1.54, 1.807) is 12.3 Å². The predicted octanol–water partition coefficient (Wildman–Crippen LogP) is 2.76. The lowest BCUT2D eigenvalue weighted by atomic mass is 9.77. The lowest BCUT2D eigenvalue weighted by Crippen LogP contribution is -2.28. The summed E-state index contributed by atoms with van der Waals surface area (Å²) in [6, 6.07) is 1.77. The van der Waals surface area contributed by atoms with E-state index in [-0.39, 0.29) is 0 Å². The van der Waals surface area contributed by atoms with Gasteiger partial charge in [0.2, 0.25) is 5.95 Å². The molecule has 0 spiro atoms. The maximum absolute atomic E-state index is 5.64. The van der Waals surface area contributed by atoms with Gasteiger partial charge in [0.05, 0.1) is 0 Å². The predicted molar refractivity (Wildman–Crippen MR) is 86.9 cm³/mol. The molecule has 2 rings (SSSR count). The first-order chi connectivity index (χ1) is 9.38. The Labute approximate surface area is 126 Å². The molecule has 0 bridgehead atoms. The molecule has 1 atom stereocenters. The van der Waals surface area contributed by atoms with Gasteiger partial charge in [0, 0.05) is 19.3 Å². The first-order valence-corrected chi connectivity index (χ1v) is 7.66. The minimum Gasteiger partial charge on any atom is -0.388 e. The zero-order valence-electron chi connectivity index (χ0n) is 12.6. The van der Waals surface area contributed by atoms with Gasteiger partial charge in [-0.25, -0.2) is 9.97 Å². The van der Waals surface area contributed by atoms with E-state index in [1.807, 2.05) is 0 Å². The topological polar surface area (TPSA) is 55.0 Å². The Hall–Kier alpha value is -1.23. The molecule has 1 fully saturated rings. The van der Waals surface area contributed by atoms with E-state index < -0.39 is 0 Å². The van der Waals surface area contributed by atoms with Crippen LogP contribution in [-0.2, 0) is 0 Å². The third kappa shape index (κ3) is 3.66. The number of rotatable bonds is 2. The van der Waals surface area contributed by atoms with Crippen LogP contribution in [-0.4, -0.2) is 28.0 Å². The molecule has 2 N–H and O–H groups in total. The van der Waals surface area contributed by atoms with E-state index in [9.17, 15) is 0 Å². The first kappa shape index (κ1) is 15.2. The standard InChI is InChI=1S/C15H24N4S/c1-15(2,3)11-5-4-9-19(10-7-11)14-17-8-6-12(18-14)13(16)20/h6,8,11H,4-5,7,9-10H2,1-3H3,(H2,16,20). The lowest BCUT2D eigenvalue weighted by Gasteiger charge is -2.29. The van der Waals surface area contributed by atoms with Crippen molar-refractivity contribution >= 4 is 23.2 Å². The number of thiocarbonyl (C=S) groups is 1. The number of nitrogens with zero attached hydrogens (tertiary/aromatic N) is 3. The fourth-order valence-electron chi connectivity index (χ4n) is 2.80. The zero-order chi connectivity index (χ0) is 14.8. The lowest BCUT2D eigenvalue weighted by molar-refractivity contribution is 0.220. The maximum atomic E-state index is 5.64. The van der Waals surface area contributed by atoms with Gasteiger partial charge in [-0.15, -0.1) is 0 Å². The van der Waals surface area contributed by atoms with Crippen molar-refractivity contribution in [1.29, 1.82) is 0 Å². The highest BCUT2D eigenvalue weighted by molar-refractivity contribution is 7.80. The molecular weight excluding hydrogens is 268 g/mol. The second-order valence-corrected chi connectivity index (χ2v) is 7.03. The van der Waals surface area contributed by atoms with Crippen LogP contribution in [0.3, 0.4) is 0 Å². The normalized spacial score (nSPS) is 20.6. The van der Waals surface area contributed by atoms with Crippen molar-refractivity contribution in [2.75, 3.05) is 18.0 Å². The Morgan fingerprint density at radius 3 is 2.75 bits per heavy atom. The second kappa shape index (κ2) is 6.04. The number of anilines is 1. The maximum Gasteiger partial charge on any atom is 0.225 e. The van der Waals surface area contributed by atoms with Crippen molar-refractivity contribution in [3.8, 4) is 0 Å². The molecule has 1 aromatic rings. The van der Waals surface area contributed by atoms with Crippen LogP contribution in [0.4, 0.5) is 5.95 Å². The number of nitrogens with two attached hydrogens (primary N) is 1. The average molecular weight is 292 g/mol. The molecule has 1 aromatic heterocycles. The molecule has 1 aliphatic rings. The fourth-order valence-corrected chi connectivity index (χ4v) is 2.91. The van der Waals surface area contributed by atoms with Crippen LogP contribution in [0.25, 0.3) is 0 Å². The van der Waals surface area contributed by atoms with Crippen LogP contribution >= 0.6 is 12.2 Å². The quantitative estimate of drug-likeness (QED) is 0.849. The van der Waals surface area contributed by atoms with E-state index in [4.69, 9.17) is 18.0 Å². The van der Waals surface area contributed by atoms with Gasteiger partial charge >= 0.3 is 0 Å². The fraction of sp³-hybridized carbons (Fsp3) is 0.667. The summed E-state index contributed by atoms with van der Waals surface area (Å²) >= 11 is 4.99. The zero-order valence-corrected chi connectivity index (χ0v) is 13.4.